The predicted molar refractivity (Wildman–Crippen MR) is 131 cm³/mol. The SMILES string of the molecule is CCCC1CCC(C2CCC(C#Cc3ccc(Br)cc3)(OC3CCCCO3)CC2)CC1. The molecule has 2 saturated carbocycles. The predicted octanol–water partition coefficient (Wildman–Crippen LogP) is 7.88. The van der Waals surface area contributed by atoms with Crippen molar-refractivity contribution < 1.29 is 9.47 Å². The van der Waals surface area contributed by atoms with E-state index < -0.39 is 0 Å². The summed E-state index contributed by atoms with van der Waals surface area (Å²) in [6, 6.07) is 8.30. The Bertz CT molecular complexity index is 725. The fraction of sp³-hybridized carbons (Fsp3) is 0.714. The number of rotatable bonds is 5. The van der Waals surface area contributed by atoms with Crippen molar-refractivity contribution in [3.8, 4) is 11.8 Å². The van der Waals surface area contributed by atoms with Crippen LogP contribution < -0.4 is 0 Å². The monoisotopic (exact) mass is 486 g/mol. The molecular formula is C28H39BrO2. The summed E-state index contributed by atoms with van der Waals surface area (Å²) in [6.45, 7) is 3.16. The Morgan fingerprint density at radius 1 is 0.968 bits per heavy atom. The van der Waals surface area contributed by atoms with Crippen LogP contribution in [0.15, 0.2) is 28.7 Å². The van der Waals surface area contributed by atoms with Gasteiger partial charge in [0.2, 0.25) is 0 Å². The lowest BCUT2D eigenvalue weighted by Gasteiger charge is -2.43. The Kier molecular flexibility index (Phi) is 8.55. The molecule has 1 atom stereocenters. The third kappa shape index (κ3) is 6.59. The first kappa shape index (κ1) is 23.3. The molecule has 170 valence electrons. The molecule has 0 aromatic heterocycles. The maximum atomic E-state index is 6.64. The molecule has 0 bridgehead atoms. The molecule has 3 fully saturated rings. The molecule has 0 spiro atoms. The standard InChI is InChI=1S/C28H39BrO2/c1-2-5-22-7-11-24(12-8-22)25-16-19-28(20-17-25,31-27-6-3-4-21-30-27)18-15-23-9-13-26(29)14-10-23/h9-10,13-14,22,24-25,27H,2-8,11-12,16-17,19-21H2,1H3. The zero-order valence-corrected chi connectivity index (χ0v) is 20.8. The molecule has 3 aliphatic rings. The topological polar surface area (TPSA) is 18.5 Å². The quantitative estimate of drug-likeness (QED) is 0.393. The number of halogens is 1. The Labute approximate surface area is 198 Å². The van der Waals surface area contributed by atoms with Gasteiger partial charge in [0, 0.05) is 16.6 Å². The lowest BCUT2D eigenvalue weighted by molar-refractivity contribution is -0.217. The number of ether oxygens (including phenoxy) is 2. The Hall–Kier alpha value is -0.820. The van der Waals surface area contributed by atoms with Crippen molar-refractivity contribution >= 4 is 15.9 Å². The molecule has 0 N–H and O–H groups in total. The molecule has 3 heteroatoms. The van der Waals surface area contributed by atoms with E-state index in [1.807, 2.05) is 0 Å². The van der Waals surface area contributed by atoms with E-state index in [1.165, 1.54) is 57.8 Å². The van der Waals surface area contributed by atoms with Crippen LogP contribution in [0.2, 0.25) is 0 Å². The summed E-state index contributed by atoms with van der Waals surface area (Å²) < 4.78 is 13.7. The summed E-state index contributed by atoms with van der Waals surface area (Å²) >= 11 is 3.52. The highest BCUT2D eigenvalue weighted by Gasteiger charge is 2.40. The minimum absolute atomic E-state index is 0.0750. The smallest absolute Gasteiger partial charge is 0.159 e. The molecule has 0 radical (unpaired) electrons. The van der Waals surface area contributed by atoms with Gasteiger partial charge in [-0.1, -0.05) is 60.4 Å². The Balaban J connectivity index is 1.41. The Morgan fingerprint density at radius 3 is 2.32 bits per heavy atom. The molecule has 1 aromatic carbocycles. The van der Waals surface area contributed by atoms with Gasteiger partial charge >= 0.3 is 0 Å². The van der Waals surface area contributed by atoms with Crippen LogP contribution in [0.5, 0.6) is 0 Å². The van der Waals surface area contributed by atoms with E-state index >= 15 is 0 Å². The highest BCUT2D eigenvalue weighted by atomic mass is 79.9. The van der Waals surface area contributed by atoms with Gasteiger partial charge in [-0.2, -0.15) is 0 Å². The van der Waals surface area contributed by atoms with E-state index in [0.717, 1.165) is 60.1 Å². The van der Waals surface area contributed by atoms with Crippen LogP contribution in [0.25, 0.3) is 0 Å². The first-order valence-electron chi connectivity index (χ1n) is 12.7. The molecule has 31 heavy (non-hydrogen) atoms. The number of hydrogen-bond donors (Lipinski definition) is 0. The molecule has 1 aromatic rings. The van der Waals surface area contributed by atoms with Gasteiger partial charge in [-0.3, -0.25) is 0 Å². The summed E-state index contributed by atoms with van der Waals surface area (Å²) in [4.78, 5) is 0. The van der Waals surface area contributed by atoms with Gasteiger partial charge < -0.3 is 9.47 Å². The lowest BCUT2D eigenvalue weighted by Crippen LogP contribution is -2.42. The maximum absolute atomic E-state index is 6.64. The fourth-order valence-electron chi connectivity index (χ4n) is 5.98. The summed E-state index contributed by atoms with van der Waals surface area (Å²) in [5, 5.41) is 0. The van der Waals surface area contributed by atoms with E-state index in [-0.39, 0.29) is 11.9 Å². The van der Waals surface area contributed by atoms with Gasteiger partial charge in [0.05, 0.1) is 0 Å². The van der Waals surface area contributed by atoms with E-state index in [0.29, 0.717) is 0 Å². The van der Waals surface area contributed by atoms with Crippen molar-refractivity contribution in [3.63, 3.8) is 0 Å². The molecule has 1 heterocycles. The molecule has 2 aliphatic carbocycles. The highest BCUT2D eigenvalue weighted by Crippen LogP contribution is 2.44. The van der Waals surface area contributed by atoms with E-state index in [1.54, 1.807) is 0 Å². The van der Waals surface area contributed by atoms with Crippen molar-refractivity contribution in [3.05, 3.63) is 34.3 Å². The molecule has 1 saturated heterocycles. The third-order valence-electron chi connectivity index (χ3n) is 7.87. The van der Waals surface area contributed by atoms with Crippen molar-refractivity contribution in [1.29, 1.82) is 0 Å². The minimum atomic E-state index is -0.342. The summed E-state index contributed by atoms with van der Waals surface area (Å²) in [7, 11) is 0. The first-order chi connectivity index (χ1) is 15.2. The molecule has 0 amide bonds. The lowest BCUT2D eigenvalue weighted by atomic mass is 9.67. The molecule has 1 aliphatic heterocycles. The Morgan fingerprint density at radius 2 is 1.68 bits per heavy atom. The van der Waals surface area contributed by atoms with Crippen LogP contribution in [0, 0.1) is 29.6 Å². The second kappa shape index (κ2) is 11.4. The van der Waals surface area contributed by atoms with Crippen LogP contribution in [0.3, 0.4) is 0 Å². The summed E-state index contributed by atoms with van der Waals surface area (Å²) in [5.74, 6) is 9.82. The largest absolute Gasteiger partial charge is 0.353 e. The second-order valence-electron chi connectivity index (χ2n) is 10.1. The molecular weight excluding hydrogens is 448 g/mol. The van der Waals surface area contributed by atoms with Gasteiger partial charge in [0.1, 0.15) is 5.60 Å². The second-order valence-corrected chi connectivity index (χ2v) is 11.0. The maximum Gasteiger partial charge on any atom is 0.159 e. The molecule has 4 rings (SSSR count). The van der Waals surface area contributed by atoms with Crippen LogP contribution in [-0.2, 0) is 9.47 Å². The van der Waals surface area contributed by atoms with Gasteiger partial charge in [0.25, 0.3) is 0 Å². The van der Waals surface area contributed by atoms with Gasteiger partial charge in [-0.25, -0.2) is 0 Å². The average molecular weight is 488 g/mol. The van der Waals surface area contributed by atoms with E-state index in [2.05, 4.69) is 59.0 Å². The van der Waals surface area contributed by atoms with Crippen molar-refractivity contribution in [2.24, 2.45) is 17.8 Å². The summed E-state index contributed by atoms with van der Waals surface area (Å²) in [6.07, 6.45) is 16.5. The first-order valence-corrected chi connectivity index (χ1v) is 13.5. The van der Waals surface area contributed by atoms with Crippen molar-refractivity contribution in [2.45, 2.75) is 102 Å². The fourth-order valence-corrected chi connectivity index (χ4v) is 6.25. The summed E-state index contributed by atoms with van der Waals surface area (Å²) in [5.41, 5.74) is 0.720. The van der Waals surface area contributed by atoms with Gasteiger partial charge in [0.15, 0.2) is 6.29 Å². The zero-order chi connectivity index (χ0) is 21.5. The van der Waals surface area contributed by atoms with E-state index in [4.69, 9.17) is 9.47 Å². The molecule has 2 nitrogen and oxygen atoms in total. The minimum Gasteiger partial charge on any atom is -0.353 e. The van der Waals surface area contributed by atoms with Gasteiger partial charge in [-0.15, -0.1) is 0 Å². The zero-order valence-electron chi connectivity index (χ0n) is 19.2. The highest BCUT2D eigenvalue weighted by molar-refractivity contribution is 9.10. The van der Waals surface area contributed by atoms with Crippen LogP contribution in [0.4, 0.5) is 0 Å². The van der Waals surface area contributed by atoms with Crippen LogP contribution in [-0.4, -0.2) is 18.5 Å². The van der Waals surface area contributed by atoms with Crippen molar-refractivity contribution in [1.82, 2.24) is 0 Å². The molecule has 1 unspecified atom stereocenters. The van der Waals surface area contributed by atoms with Crippen molar-refractivity contribution in [2.75, 3.05) is 6.61 Å². The average Bonchev–Trinajstić information content (AvgIpc) is 2.81. The number of hydrogen-bond acceptors (Lipinski definition) is 2. The third-order valence-corrected chi connectivity index (χ3v) is 8.40. The van der Waals surface area contributed by atoms with Crippen LogP contribution in [0.1, 0.15) is 96.0 Å². The van der Waals surface area contributed by atoms with E-state index in [9.17, 15) is 0 Å². The number of benzene rings is 1. The normalized spacial score (nSPS) is 34.0. The van der Waals surface area contributed by atoms with Crippen LogP contribution >= 0.6 is 15.9 Å². The van der Waals surface area contributed by atoms with Gasteiger partial charge in [-0.05, 0) is 99.8 Å².